The smallest absolute Gasteiger partial charge is 0.151 e. The summed E-state index contributed by atoms with van der Waals surface area (Å²) in [6.07, 6.45) is -5.62. The fourth-order valence-corrected chi connectivity index (χ4v) is 1.87. The lowest BCUT2D eigenvalue weighted by Crippen LogP contribution is -2.59. The highest BCUT2D eigenvalue weighted by molar-refractivity contribution is 5.57. The van der Waals surface area contributed by atoms with Crippen molar-refractivity contribution in [3.63, 3.8) is 0 Å². The first kappa shape index (κ1) is 15.7. The summed E-state index contributed by atoms with van der Waals surface area (Å²) in [6, 6.07) is 8.44. The summed E-state index contributed by atoms with van der Waals surface area (Å²) in [7, 11) is 0. The lowest BCUT2D eigenvalue weighted by Gasteiger charge is -2.37. The number of rotatable bonds is 7. The molecule has 0 bridgehead atoms. The van der Waals surface area contributed by atoms with Crippen molar-refractivity contribution in [1.82, 2.24) is 0 Å². The van der Waals surface area contributed by atoms with Crippen LogP contribution in [0.15, 0.2) is 30.3 Å². The molecule has 19 heavy (non-hydrogen) atoms. The summed E-state index contributed by atoms with van der Waals surface area (Å²) in [4.78, 5) is 10.5. The van der Waals surface area contributed by atoms with Crippen LogP contribution in [0.4, 0.5) is 0 Å². The predicted octanol–water partition coefficient (Wildman–Crippen LogP) is -1.77. The number of carbonyl (C=O) groups excluding carboxylic acids is 1. The zero-order valence-electron chi connectivity index (χ0n) is 10.3. The van der Waals surface area contributed by atoms with Gasteiger partial charge in [-0.25, -0.2) is 0 Å². The Morgan fingerprint density at radius 2 is 1.74 bits per heavy atom. The number of hydrogen-bond donors (Lipinski definition) is 5. The zero-order valence-corrected chi connectivity index (χ0v) is 10.3. The molecule has 4 atom stereocenters. The van der Waals surface area contributed by atoms with Gasteiger partial charge < -0.3 is 30.3 Å². The highest BCUT2D eigenvalue weighted by Crippen LogP contribution is 2.24. The molecule has 0 unspecified atom stereocenters. The Labute approximate surface area is 110 Å². The molecule has 0 heterocycles. The largest absolute Gasteiger partial charge is 0.394 e. The minimum Gasteiger partial charge on any atom is -0.394 e. The summed E-state index contributed by atoms with van der Waals surface area (Å²) in [5, 5.41) is 48.1. The van der Waals surface area contributed by atoms with Crippen LogP contribution in [0, 0.1) is 0 Å². The van der Waals surface area contributed by atoms with Gasteiger partial charge in [-0.2, -0.15) is 0 Å². The topological polar surface area (TPSA) is 118 Å². The molecule has 0 aromatic heterocycles. The lowest BCUT2D eigenvalue weighted by molar-refractivity contribution is -0.183. The van der Waals surface area contributed by atoms with Crippen molar-refractivity contribution in [3.8, 4) is 0 Å². The van der Waals surface area contributed by atoms with Crippen LogP contribution in [-0.2, 0) is 11.2 Å². The van der Waals surface area contributed by atoms with Gasteiger partial charge in [-0.1, -0.05) is 30.3 Å². The van der Waals surface area contributed by atoms with Crippen molar-refractivity contribution >= 4 is 6.29 Å². The Morgan fingerprint density at radius 1 is 1.16 bits per heavy atom. The van der Waals surface area contributed by atoms with Crippen molar-refractivity contribution in [3.05, 3.63) is 35.9 Å². The molecule has 0 amide bonds. The number of aliphatic hydroxyl groups is 5. The SMILES string of the molecule is O=C[C@H](O)[C@@H](O)[C@](O)(Cc1ccccc1)[C@H](O)CO. The summed E-state index contributed by atoms with van der Waals surface area (Å²) in [6.45, 7) is -0.814. The van der Waals surface area contributed by atoms with Gasteiger partial charge in [0, 0.05) is 6.42 Å². The first-order valence-electron chi connectivity index (χ1n) is 5.82. The maximum Gasteiger partial charge on any atom is 0.151 e. The standard InChI is InChI=1S/C13H18O6/c14-7-10(16)12(18)13(19,11(17)8-15)6-9-4-2-1-3-5-9/h1-5,7,10-12,15-19H,6,8H2/t10-,11+,12+,13-/m0/s1. The summed E-state index contributed by atoms with van der Waals surface area (Å²) < 4.78 is 0. The van der Waals surface area contributed by atoms with Gasteiger partial charge in [-0.3, -0.25) is 0 Å². The van der Waals surface area contributed by atoms with Crippen molar-refractivity contribution in [2.24, 2.45) is 0 Å². The minimum atomic E-state index is -2.23. The molecule has 1 rings (SSSR count). The Balaban J connectivity index is 3.02. The molecule has 0 aliphatic carbocycles. The summed E-state index contributed by atoms with van der Waals surface area (Å²) >= 11 is 0. The number of hydrogen-bond acceptors (Lipinski definition) is 6. The molecular formula is C13H18O6. The second-order valence-corrected chi connectivity index (χ2v) is 4.42. The van der Waals surface area contributed by atoms with E-state index in [0.29, 0.717) is 5.56 Å². The molecule has 0 radical (unpaired) electrons. The molecule has 1 aromatic rings. The van der Waals surface area contributed by atoms with Crippen LogP contribution in [0.3, 0.4) is 0 Å². The fraction of sp³-hybridized carbons (Fsp3) is 0.462. The van der Waals surface area contributed by atoms with Gasteiger partial charge in [0.15, 0.2) is 6.29 Å². The van der Waals surface area contributed by atoms with E-state index in [2.05, 4.69) is 0 Å². The van der Waals surface area contributed by atoms with E-state index < -0.39 is 30.5 Å². The molecule has 1 aromatic carbocycles. The van der Waals surface area contributed by atoms with Gasteiger partial charge in [0.25, 0.3) is 0 Å². The van der Waals surface area contributed by atoms with E-state index in [1.54, 1.807) is 30.3 Å². The third-order valence-electron chi connectivity index (χ3n) is 3.06. The molecule has 6 heteroatoms. The molecular weight excluding hydrogens is 252 g/mol. The van der Waals surface area contributed by atoms with Crippen molar-refractivity contribution in [2.45, 2.75) is 30.3 Å². The van der Waals surface area contributed by atoms with Crippen LogP contribution in [0.5, 0.6) is 0 Å². The molecule has 0 aliphatic heterocycles. The van der Waals surface area contributed by atoms with Gasteiger partial charge >= 0.3 is 0 Å². The molecule has 106 valence electrons. The number of benzene rings is 1. The third kappa shape index (κ3) is 3.59. The van der Waals surface area contributed by atoms with Crippen LogP contribution in [0.1, 0.15) is 5.56 Å². The maximum absolute atomic E-state index is 10.5. The van der Waals surface area contributed by atoms with E-state index in [1.807, 2.05) is 0 Å². The minimum absolute atomic E-state index is 0.0602. The number of carbonyl (C=O) groups is 1. The molecule has 0 fully saturated rings. The molecule has 0 saturated heterocycles. The van der Waals surface area contributed by atoms with Gasteiger partial charge in [0.1, 0.15) is 23.9 Å². The summed E-state index contributed by atoms with van der Waals surface area (Å²) in [5.41, 5.74) is -1.65. The first-order chi connectivity index (χ1) is 8.95. The first-order valence-corrected chi connectivity index (χ1v) is 5.82. The molecule has 5 N–H and O–H groups in total. The highest BCUT2D eigenvalue weighted by atomic mass is 16.4. The quantitative estimate of drug-likeness (QED) is 0.374. The average molecular weight is 270 g/mol. The Hall–Kier alpha value is -1.31. The third-order valence-corrected chi connectivity index (χ3v) is 3.06. The van der Waals surface area contributed by atoms with Crippen LogP contribution in [0.25, 0.3) is 0 Å². The van der Waals surface area contributed by atoms with Gasteiger partial charge in [0.05, 0.1) is 6.61 Å². The van der Waals surface area contributed by atoms with Crippen molar-refractivity contribution < 1.29 is 30.3 Å². The predicted molar refractivity (Wildman–Crippen MR) is 66.3 cm³/mol. The Bertz CT molecular complexity index is 395. The van der Waals surface area contributed by atoms with Gasteiger partial charge in [0.2, 0.25) is 0 Å². The fourth-order valence-electron chi connectivity index (χ4n) is 1.87. The monoisotopic (exact) mass is 270 g/mol. The molecule has 0 spiro atoms. The van der Waals surface area contributed by atoms with E-state index in [0.717, 1.165) is 0 Å². The normalized spacial score (nSPS) is 19.2. The van der Waals surface area contributed by atoms with Crippen LogP contribution in [0.2, 0.25) is 0 Å². The molecule has 6 nitrogen and oxygen atoms in total. The van der Waals surface area contributed by atoms with Crippen LogP contribution in [-0.4, -0.2) is 62.3 Å². The Morgan fingerprint density at radius 3 is 2.21 bits per heavy atom. The molecule has 0 saturated carbocycles. The van der Waals surface area contributed by atoms with E-state index in [9.17, 15) is 25.2 Å². The van der Waals surface area contributed by atoms with Gasteiger partial charge in [-0.05, 0) is 5.56 Å². The van der Waals surface area contributed by atoms with E-state index in [-0.39, 0.29) is 12.7 Å². The maximum atomic E-state index is 10.5. The number of aliphatic hydroxyl groups excluding tert-OH is 4. The van der Waals surface area contributed by atoms with Crippen LogP contribution >= 0.6 is 0 Å². The number of aldehydes is 1. The van der Waals surface area contributed by atoms with Crippen LogP contribution < -0.4 is 0 Å². The second kappa shape index (κ2) is 6.74. The van der Waals surface area contributed by atoms with Crippen molar-refractivity contribution in [2.75, 3.05) is 6.61 Å². The average Bonchev–Trinajstić information content (AvgIpc) is 2.45. The van der Waals surface area contributed by atoms with E-state index in [1.165, 1.54) is 0 Å². The van der Waals surface area contributed by atoms with E-state index in [4.69, 9.17) is 5.11 Å². The van der Waals surface area contributed by atoms with E-state index >= 15 is 0 Å². The molecule has 0 aliphatic rings. The highest BCUT2D eigenvalue weighted by Gasteiger charge is 2.45. The summed E-state index contributed by atoms with van der Waals surface area (Å²) in [5.74, 6) is 0. The van der Waals surface area contributed by atoms with Crippen molar-refractivity contribution in [1.29, 1.82) is 0 Å². The zero-order chi connectivity index (χ0) is 14.5. The van der Waals surface area contributed by atoms with Gasteiger partial charge in [-0.15, -0.1) is 0 Å². The Kier molecular flexibility index (Phi) is 5.59. The second-order valence-electron chi connectivity index (χ2n) is 4.42. The lowest BCUT2D eigenvalue weighted by atomic mass is 9.82.